The second kappa shape index (κ2) is 6.94. The van der Waals surface area contributed by atoms with Gasteiger partial charge in [-0.25, -0.2) is 0 Å². The van der Waals surface area contributed by atoms with Crippen molar-refractivity contribution in [3.8, 4) is 5.75 Å². The van der Waals surface area contributed by atoms with Gasteiger partial charge in [-0.3, -0.25) is 0 Å². The molecule has 1 aliphatic rings. The van der Waals surface area contributed by atoms with Gasteiger partial charge in [0.05, 0.1) is 5.02 Å². The van der Waals surface area contributed by atoms with Crippen molar-refractivity contribution in [3.05, 3.63) is 64.7 Å². The summed E-state index contributed by atoms with van der Waals surface area (Å²) in [4.78, 5) is 0. The van der Waals surface area contributed by atoms with Gasteiger partial charge < -0.3 is 10.1 Å². The van der Waals surface area contributed by atoms with Crippen molar-refractivity contribution in [2.75, 3.05) is 13.1 Å². The zero-order valence-corrected chi connectivity index (χ0v) is 14.6. The Kier molecular flexibility index (Phi) is 4.93. The lowest BCUT2D eigenvalue weighted by Gasteiger charge is -2.28. The van der Waals surface area contributed by atoms with Crippen molar-refractivity contribution in [2.45, 2.75) is 38.2 Å². The van der Waals surface area contributed by atoms with Gasteiger partial charge in [-0.2, -0.15) is 0 Å². The third kappa shape index (κ3) is 3.70. The predicted molar refractivity (Wildman–Crippen MR) is 96.5 cm³/mol. The molecule has 2 nitrogen and oxygen atoms in total. The number of nitrogens with one attached hydrogen (secondary N) is 1. The first-order chi connectivity index (χ1) is 11.1. The van der Waals surface area contributed by atoms with E-state index in [9.17, 15) is 0 Å². The molecule has 3 heteroatoms. The predicted octanol–water partition coefficient (Wildman–Crippen LogP) is 4.80. The number of ether oxygens (including phenoxy) is 1. The molecular formula is C20H24ClNO. The first-order valence-electron chi connectivity index (χ1n) is 8.30. The molecule has 1 aliphatic heterocycles. The van der Waals surface area contributed by atoms with Gasteiger partial charge in [-0.05, 0) is 42.6 Å². The smallest absolute Gasteiger partial charge is 0.138 e. The fraction of sp³-hybridized carbons (Fsp3) is 0.400. The second-order valence-electron chi connectivity index (χ2n) is 6.72. The molecule has 0 unspecified atom stereocenters. The summed E-state index contributed by atoms with van der Waals surface area (Å²) >= 11 is 6.50. The molecule has 2 aromatic rings. The Labute approximate surface area is 143 Å². The van der Waals surface area contributed by atoms with Crippen molar-refractivity contribution in [1.82, 2.24) is 5.32 Å². The maximum atomic E-state index is 6.50. The van der Waals surface area contributed by atoms with Crippen molar-refractivity contribution >= 4 is 11.6 Å². The van der Waals surface area contributed by atoms with E-state index in [-0.39, 0.29) is 11.5 Å². The topological polar surface area (TPSA) is 21.3 Å². The van der Waals surface area contributed by atoms with Crippen LogP contribution in [-0.4, -0.2) is 19.2 Å². The summed E-state index contributed by atoms with van der Waals surface area (Å²) in [5.74, 6) is 0.785. The molecule has 2 aromatic carbocycles. The molecule has 0 bridgehead atoms. The minimum absolute atomic E-state index is 0.0875. The first kappa shape index (κ1) is 16.4. The van der Waals surface area contributed by atoms with E-state index in [1.807, 2.05) is 18.2 Å². The highest BCUT2D eigenvalue weighted by molar-refractivity contribution is 6.32. The molecule has 0 aliphatic carbocycles. The van der Waals surface area contributed by atoms with E-state index in [1.165, 1.54) is 11.1 Å². The Balaban J connectivity index is 1.81. The Morgan fingerprint density at radius 2 is 1.87 bits per heavy atom. The first-order valence-corrected chi connectivity index (χ1v) is 8.68. The molecule has 1 N–H and O–H groups in total. The maximum Gasteiger partial charge on any atom is 0.138 e. The third-order valence-corrected chi connectivity index (χ3v) is 4.99. The molecule has 0 radical (unpaired) electrons. The van der Waals surface area contributed by atoms with Crippen LogP contribution in [0.3, 0.4) is 0 Å². The van der Waals surface area contributed by atoms with Gasteiger partial charge in [0.15, 0.2) is 0 Å². The summed E-state index contributed by atoms with van der Waals surface area (Å²) in [5.41, 5.74) is 2.39. The summed E-state index contributed by atoms with van der Waals surface area (Å²) < 4.78 is 6.07. The highest BCUT2D eigenvalue weighted by atomic mass is 35.5. The fourth-order valence-corrected chi connectivity index (χ4v) is 3.33. The molecule has 0 aromatic heterocycles. The lowest BCUT2D eigenvalue weighted by atomic mass is 9.78. The van der Waals surface area contributed by atoms with E-state index in [2.05, 4.69) is 49.5 Å². The number of benzene rings is 2. The third-order valence-electron chi connectivity index (χ3n) is 4.69. The SMILES string of the molecule is CC(C)(c1ccccc1)c1ccc(O[C@@H]2CCCNC2)c(Cl)c1. The number of rotatable bonds is 4. The van der Waals surface area contributed by atoms with Gasteiger partial charge in [0.2, 0.25) is 0 Å². The highest BCUT2D eigenvalue weighted by Crippen LogP contribution is 2.36. The second-order valence-corrected chi connectivity index (χ2v) is 7.13. The van der Waals surface area contributed by atoms with Gasteiger partial charge in [0.1, 0.15) is 11.9 Å². The van der Waals surface area contributed by atoms with Crippen LogP contribution < -0.4 is 10.1 Å². The fourth-order valence-electron chi connectivity index (χ4n) is 3.11. The summed E-state index contributed by atoms with van der Waals surface area (Å²) in [6, 6.07) is 16.7. The van der Waals surface area contributed by atoms with Crippen LogP contribution in [0.2, 0.25) is 5.02 Å². The van der Waals surface area contributed by atoms with Gasteiger partial charge in [-0.15, -0.1) is 0 Å². The summed E-state index contributed by atoms with van der Waals surface area (Å²) in [5, 5.41) is 4.06. The monoisotopic (exact) mass is 329 g/mol. The van der Waals surface area contributed by atoms with Crippen LogP contribution in [0, 0.1) is 0 Å². The van der Waals surface area contributed by atoms with E-state index < -0.39 is 0 Å². The van der Waals surface area contributed by atoms with Crippen LogP contribution in [-0.2, 0) is 5.41 Å². The average molecular weight is 330 g/mol. The van der Waals surface area contributed by atoms with E-state index in [4.69, 9.17) is 16.3 Å². The molecule has 0 spiro atoms. The highest BCUT2D eigenvalue weighted by Gasteiger charge is 2.24. The Hall–Kier alpha value is -1.51. The van der Waals surface area contributed by atoms with Crippen LogP contribution in [0.25, 0.3) is 0 Å². The van der Waals surface area contributed by atoms with Crippen LogP contribution in [0.5, 0.6) is 5.75 Å². The molecule has 3 rings (SSSR count). The zero-order valence-electron chi connectivity index (χ0n) is 13.8. The van der Waals surface area contributed by atoms with Crippen molar-refractivity contribution in [1.29, 1.82) is 0 Å². The molecule has 1 heterocycles. The molecule has 0 amide bonds. The zero-order chi connectivity index (χ0) is 16.3. The number of halogens is 1. The largest absolute Gasteiger partial charge is 0.488 e. The maximum absolute atomic E-state index is 6.50. The lowest BCUT2D eigenvalue weighted by molar-refractivity contribution is 0.167. The minimum Gasteiger partial charge on any atom is -0.488 e. The Morgan fingerprint density at radius 3 is 2.52 bits per heavy atom. The molecule has 122 valence electrons. The quantitative estimate of drug-likeness (QED) is 0.870. The number of hydrogen-bond acceptors (Lipinski definition) is 2. The standard InChI is InChI=1S/C20H24ClNO/c1-20(2,15-7-4-3-5-8-15)16-10-11-19(18(21)13-16)23-17-9-6-12-22-14-17/h3-5,7-8,10-11,13,17,22H,6,9,12,14H2,1-2H3/t17-/m1/s1. The van der Waals surface area contributed by atoms with E-state index >= 15 is 0 Å². The molecule has 1 fully saturated rings. The lowest BCUT2D eigenvalue weighted by Crippen LogP contribution is -2.37. The molecule has 1 atom stereocenters. The summed E-state index contributed by atoms with van der Waals surface area (Å²) in [7, 11) is 0. The van der Waals surface area contributed by atoms with E-state index in [0.29, 0.717) is 5.02 Å². The van der Waals surface area contributed by atoms with Gasteiger partial charge in [0.25, 0.3) is 0 Å². The van der Waals surface area contributed by atoms with Crippen LogP contribution >= 0.6 is 11.6 Å². The molecular weight excluding hydrogens is 306 g/mol. The van der Waals surface area contributed by atoms with E-state index in [0.717, 1.165) is 31.7 Å². The number of piperidine rings is 1. The van der Waals surface area contributed by atoms with Crippen molar-refractivity contribution in [2.24, 2.45) is 0 Å². The molecule has 23 heavy (non-hydrogen) atoms. The minimum atomic E-state index is -0.0875. The van der Waals surface area contributed by atoms with Crippen molar-refractivity contribution < 1.29 is 4.74 Å². The van der Waals surface area contributed by atoms with Gasteiger partial charge in [0, 0.05) is 12.0 Å². The summed E-state index contributed by atoms with van der Waals surface area (Å²) in [6.07, 6.45) is 2.45. The normalized spacial score (nSPS) is 18.7. The van der Waals surface area contributed by atoms with E-state index in [1.54, 1.807) is 0 Å². The molecule has 0 saturated carbocycles. The Morgan fingerprint density at radius 1 is 1.09 bits per heavy atom. The van der Waals surface area contributed by atoms with Crippen LogP contribution in [0.1, 0.15) is 37.8 Å². The Bertz CT molecular complexity index is 648. The molecule has 1 saturated heterocycles. The van der Waals surface area contributed by atoms with Gasteiger partial charge >= 0.3 is 0 Å². The average Bonchev–Trinajstić information content (AvgIpc) is 2.58. The van der Waals surface area contributed by atoms with Crippen LogP contribution in [0.15, 0.2) is 48.5 Å². The summed E-state index contributed by atoms with van der Waals surface area (Å²) in [6.45, 7) is 6.42. The van der Waals surface area contributed by atoms with Crippen LogP contribution in [0.4, 0.5) is 0 Å². The van der Waals surface area contributed by atoms with Gasteiger partial charge in [-0.1, -0.05) is 61.8 Å². The number of hydrogen-bond donors (Lipinski definition) is 1. The van der Waals surface area contributed by atoms with Crippen molar-refractivity contribution in [3.63, 3.8) is 0 Å².